The SMILES string of the molecule is CC(C)(CNC(=O)c1ccc(OC(F)(F)F)cc1)C1Nc2ccc(C#N)cc2C2OCCC21. The van der Waals surface area contributed by atoms with Crippen molar-refractivity contribution in [3.8, 4) is 11.8 Å². The Hall–Kier alpha value is -3.25. The first-order chi connectivity index (χ1) is 15.6. The number of rotatable bonds is 5. The fourth-order valence-corrected chi connectivity index (χ4v) is 4.64. The lowest BCUT2D eigenvalue weighted by Gasteiger charge is -2.45. The van der Waals surface area contributed by atoms with Crippen molar-refractivity contribution in [2.45, 2.75) is 38.8 Å². The molecule has 2 heterocycles. The predicted octanol–water partition coefficient (Wildman–Crippen LogP) is 4.78. The van der Waals surface area contributed by atoms with Crippen molar-refractivity contribution in [3.63, 3.8) is 0 Å². The highest BCUT2D eigenvalue weighted by atomic mass is 19.4. The van der Waals surface area contributed by atoms with Crippen LogP contribution in [0.2, 0.25) is 0 Å². The molecule has 0 radical (unpaired) electrons. The van der Waals surface area contributed by atoms with Crippen molar-refractivity contribution in [3.05, 3.63) is 59.2 Å². The van der Waals surface area contributed by atoms with Crippen LogP contribution in [-0.4, -0.2) is 31.5 Å². The molecule has 2 aliphatic rings. The number of nitrogens with one attached hydrogen (secondary N) is 2. The number of alkyl halides is 3. The molecule has 0 saturated carbocycles. The van der Waals surface area contributed by atoms with E-state index < -0.39 is 6.36 Å². The number of hydrogen-bond acceptors (Lipinski definition) is 5. The fourth-order valence-electron chi connectivity index (χ4n) is 4.64. The first-order valence-electron chi connectivity index (χ1n) is 10.6. The summed E-state index contributed by atoms with van der Waals surface area (Å²) in [6.45, 7) is 5.07. The van der Waals surface area contributed by atoms with Gasteiger partial charge in [-0.15, -0.1) is 13.2 Å². The molecule has 3 atom stereocenters. The Morgan fingerprint density at radius 2 is 1.97 bits per heavy atom. The second-order valence-corrected chi connectivity index (χ2v) is 9.02. The van der Waals surface area contributed by atoms with Gasteiger partial charge < -0.3 is 20.1 Å². The number of carbonyl (C=O) groups is 1. The van der Waals surface area contributed by atoms with Gasteiger partial charge in [0.05, 0.1) is 17.7 Å². The van der Waals surface area contributed by atoms with Crippen LogP contribution in [0.3, 0.4) is 0 Å². The number of fused-ring (bicyclic) bond motifs is 3. The van der Waals surface area contributed by atoms with E-state index in [9.17, 15) is 23.2 Å². The van der Waals surface area contributed by atoms with E-state index in [1.807, 2.05) is 12.1 Å². The number of carbonyl (C=O) groups excluding carboxylic acids is 1. The molecule has 1 amide bonds. The van der Waals surface area contributed by atoms with Crippen LogP contribution in [-0.2, 0) is 4.74 Å². The van der Waals surface area contributed by atoms with Gasteiger partial charge in [-0.25, -0.2) is 0 Å². The molecule has 0 aliphatic carbocycles. The highest BCUT2D eigenvalue weighted by molar-refractivity contribution is 5.94. The Morgan fingerprint density at radius 3 is 2.64 bits per heavy atom. The van der Waals surface area contributed by atoms with Gasteiger partial charge in [0.2, 0.25) is 0 Å². The van der Waals surface area contributed by atoms with Crippen molar-refractivity contribution < 1.29 is 27.4 Å². The molecule has 0 spiro atoms. The Kier molecular flexibility index (Phi) is 5.97. The maximum Gasteiger partial charge on any atom is 0.573 e. The van der Waals surface area contributed by atoms with Crippen LogP contribution in [0, 0.1) is 22.7 Å². The van der Waals surface area contributed by atoms with Gasteiger partial charge in [-0.2, -0.15) is 5.26 Å². The number of hydrogen-bond donors (Lipinski definition) is 2. The molecular weight excluding hydrogens is 435 g/mol. The molecule has 0 bridgehead atoms. The molecule has 33 heavy (non-hydrogen) atoms. The zero-order valence-corrected chi connectivity index (χ0v) is 18.2. The molecule has 6 nitrogen and oxygen atoms in total. The van der Waals surface area contributed by atoms with Gasteiger partial charge in [0.25, 0.3) is 5.91 Å². The van der Waals surface area contributed by atoms with Crippen molar-refractivity contribution in [2.75, 3.05) is 18.5 Å². The summed E-state index contributed by atoms with van der Waals surface area (Å²) in [4.78, 5) is 12.6. The van der Waals surface area contributed by atoms with Gasteiger partial charge in [-0.05, 0) is 48.9 Å². The summed E-state index contributed by atoms with van der Waals surface area (Å²) in [7, 11) is 0. The Morgan fingerprint density at radius 1 is 1.24 bits per heavy atom. The van der Waals surface area contributed by atoms with Crippen LogP contribution in [0.25, 0.3) is 0 Å². The molecule has 174 valence electrons. The maximum absolute atomic E-state index is 12.6. The summed E-state index contributed by atoms with van der Waals surface area (Å²) >= 11 is 0. The summed E-state index contributed by atoms with van der Waals surface area (Å²) in [5.41, 5.74) is 2.36. The first-order valence-corrected chi connectivity index (χ1v) is 10.6. The molecule has 2 N–H and O–H groups in total. The van der Waals surface area contributed by atoms with E-state index in [2.05, 4.69) is 35.3 Å². The van der Waals surface area contributed by atoms with Crippen LogP contribution in [0.1, 0.15) is 47.9 Å². The smallest absolute Gasteiger partial charge is 0.406 e. The second-order valence-electron chi connectivity index (χ2n) is 9.02. The van der Waals surface area contributed by atoms with Crippen molar-refractivity contribution >= 4 is 11.6 Å². The van der Waals surface area contributed by atoms with E-state index in [0.29, 0.717) is 18.7 Å². The molecule has 2 aromatic carbocycles. The van der Waals surface area contributed by atoms with Crippen LogP contribution < -0.4 is 15.4 Å². The maximum atomic E-state index is 12.6. The van der Waals surface area contributed by atoms with E-state index in [4.69, 9.17) is 4.74 Å². The number of nitrogens with zero attached hydrogens (tertiary/aromatic N) is 1. The molecule has 3 unspecified atom stereocenters. The molecule has 2 aliphatic heterocycles. The highest BCUT2D eigenvalue weighted by Crippen LogP contribution is 2.49. The highest BCUT2D eigenvalue weighted by Gasteiger charge is 2.47. The molecular formula is C24H24F3N3O3. The fraction of sp³-hybridized carbons (Fsp3) is 0.417. The summed E-state index contributed by atoms with van der Waals surface area (Å²) in [5.74, 6) is -0.579. The topological polar surface area (TPSA) is 83.4 Å². The van der Waals surface area contributed by atoms with E-state index in [1.54, 1.807) is 6.07 Å². The standard InChI is InChI=1S/C24H24F3N3O3/c1-23(2,13-29-22(31)15-4-6-16(7-5-15)33-24(25,26)27)21-17-9-10-32-20(17)18-11-14(12-28)3-8-19(18)30-21/h3-8,11,17,20-21,30H,9-10,13H2,1-2H3,(H,29,31). The lowest BCUT2D eigenvalue weighted by atomic mass is 9.71. The molecule has 0 aromatic heterocycles. The Bertz CT molecular complexity index is 1080. The largest absolute Gasteiger partial charge is 0.573 e. The number of nitriles is 1. The normalized spacial score (nSPS) is 21.9. The predicted molar refractivity (Wildman–Crippen MR) is 115 cm³/mol. The van der Waals surface area contributed by atoms with Gasteiger partial charge in [0.15, 0.2) is 0 Å². The van der Waals surface area contributed by atoms with Crippen molar-refractivity contribution in [2.24, 2.45) is 11.3 Å². The average molecular weight is 459 g/mol. The average Bonchev–Trinajstić information content (AvgIpc) is 3.26. The minimum atomic E-state index is -4.78. The van der Waals surface area contributed by atoms with Crippen molar-refractivity contribution in [1.82, 2.24) is 5.32 Å². The van der Waals surface area contributed by atoms with Crippen molar-refractivity contribution in [1.29, 1.82) is 5.26 Å². The molecule has 9 heteroatoms. The van der Waals surface area contributed by atoms with Crippen LogP contribution >= 0.6 is 0 Å². The van der Waals surface area contributed by atoms with Gasteiger partial charge in [-0.3, -0.25) is 4.79 Å². The van der Waals surface area contributed by atoms with Crippen LogP contribution in [0.15, 0.2) is 42.5 Å². The quantitative estimate of drug-likeness (QED) is 0.672. The zero-order valence-electron chi connectivity index (χ0n) is 18.2. The third-order valence-corrected chi connectivity index (χ3v) is 6.26. The molecule has 1 saturated heterocycles. The third kappa shape index (κ3) is 4.91. The van der Waals surface area contributed by atoms with Gasteiger partial charge in [-0.1, -0.05) is 13.8 Å². The third-order valence-electron chi connectivity index (χ3n) is 6.26. The lowest BCUT2D eigenvalue weighted by Crippen LogP contribution is -2.51. The van der Waals surface area contributed by atoms with Gasteiger partial charge in [0.1, 0.15) is 5.75 Å². The summed E-state index contributed by atoms with van der Waals surface area (Å²) < 4.78 is 46.8. The van der Waals surface area contributed by atoms with Crippen LogP contribution in [0.5, 0.6) is 5.75 Å². The van der Waals surface area contributed by atoms with E-state index in [0.717, 1.165) is 29.8 Å². The minimum Gasteiger partial charge on any atom is -0.406 e. The van der Waals surface area contributed by atoms with E-state index in [1.165, 1.54) is 12.1 Å². The second kappa shape index (κ2) is 8.60. The molecule has 4 rings (SSSR count). The summed E-state index contributed by atoms with van der Waals surface area (Å²) in [6, 6.07) is 12.5. The van der Waals surface area contributed by atoms with Crippen LogP contribution in [0.4, 0.5) is 18.9 Å². The first kappa shape index (κ1) is 22.9. The number of ether oxygens (including phenoxy) is 2. The Balaban J connectivity index is 1.45. The van der Waals surface area contributed by atoms with Gasteiger partial charge in [0, 0.05) is 47.3 Å². The molecule has 1 fully saturated rings. The number of halogens is 3. The van der Waals surface area contributed by atoms with E-state index in [-0.39, 0.29) is 40.7 Å². The number of amides is 1. The Labute approximate surface area is 189 Å². The number of benzene rings is 2. The van der Waals surface area contributed by atoms with E-state index >= 15 is 0 Å². The number of anilines is 1. The molecule has 2 aromatic rings. The zero-order chi connectivity index (χ0) is 23.8. The summed E-state index contributed by atoms with van der Waals surface area (Å²) in [6.07, 6.45) is -4.04. The minimum absolute atomic E-state index is 0.00768. The monoisotopic (exact) mass is 459 g/mol. The van der Waals surface area contributed by atoms with Gasteiger partial charge >= 0.3 is 6.36 Å². The lowest BCUT2D eigenvalue weighted by molar-refractivity contribution is -0.274. The summed E-state index contributed by atoms with van der Waals surface area (Å²) in [5, 5.41) is 15.7.